The van der Waals surface area contributed by atoms with Gasteiger partial charge in [0.25, 0.3) is 5.91 Å². The number of esters is 1. The van der Waals surface area contributed by atoms with E-state index in [1.54, 1.807) is 16.4 Å². The summed E-state index contributed by atoms with van der Waals surface area (Å²) in [6.45, 7) is 2.84. The fourth-order valence-electron chi connectivity index (χ4n) is 4.77. The van der Waals surface area contributed by atoms with E-state index in [4.69, 9.17) is 4.74 Å². The van der Waals surface area contributed by atoms with Crippen molar-refractivity contribution in [1.29, 1.82) is 0 Å². The first kappa shape index (κ1) is 26.0. The molecule has 0 spiro atoms. The van der Waals surface area contributed by atoms with Gasteiger partial charge in [-0.15, -0.1) is 0 Å². The Morgan fingerprint density at radius 1 is 1.00 bits per heavy atom. The Bertz CT molecular complexity index is 1100. The first-order valence-electron chi connectivity index (χ1n) is 11.7. The summed E-state index contributed by atoms with van der Waals surface area (Å²) in [5, 5.41) is 0. The van der Waals surface area contributed by atoms with Crippen LogP contribution in [-0.4, -0.2) is 46.0 Å². The van der Waals surface area contributed by atoms with E-state index >= 15 is 0 Å². The number of piperidine rings is 1. The molecular formula is C24H25F6N3O3. The fourth-order valence-corrected chi connectivity index (χ4v) is 4.77. The highest BCUT2D eigenvalue weighted by Crippen LogP contribution is 2.39. The van der Waals surface area contributed by atoms with Crippen LogP contribution in [0.3, 0.4) is 0 Å². The Labute approximate surface area is 203 Å². The number of carbonyl (C=O) groups excluding carboxylic acids is 2. The number of fused-ring (bicyclic) bond motifs is 1. The van der Waals surface area contributed by atoms with Crippen LogP contribution in [0.1, 0.15) is 65.1 Å². The highest BCUT2D eigenvalue weighted by atomic mass is 19.4. The van der Waals surface area contributed by atoms with Gasteiger partial charge in [-0.1, -0.05) is 0 Å². The van der Waals surface area contributed by atoms with Crippen LogP contribution < -0.4 is 0 Å². The molecule has 1 aromatic carbocycles. The number of likely N-dealkylation sites (tertiary alicyclic amines) is 1. The largest absolute Gasteiger partial charge is 0.466 e. The van der Waals surface area contributed by atoms with Gasteiger partial charge < -0.3 is 14.2 Å². The summed E-state index contributed by atoms with van der Waals surface area (Å²) in [5.74, 6) is -0.915. The number of hydrogen-bond donors (Lipinski definition) is 0. The molecule has 1 amide bonds. The Hall–Kier alpha value is -3.05. The molecule has 2 aliphatic heterocycles. The standard InChI is InChI=1S/C24H25F6N3O3/c1-2-36-22(35)14-5-7-32(8-6-14)21(34)19-13-33-12-15(3-4-20(33)31-19)16-9-17(23(25,26)27)11-18(10-16)24(28,29)30/h9-11,13-15H,2-8,12H2,1H3/t15-/m0/s1. The predicted molar refractivity (Wildman–Crippen MR) is 115 cm³/mol. The number of benzene rings is 1. The summed E-state index contributed by atoms with van der Waals surface area (Å²) < 4.78 is 86.3. The Morgan fingerprint density at radius 2 is 1.61 bits per heavy atom. The smallest absolute Gasteiger partial charge is 0.416 e. The normalized spacial score (nSPS) is 19.2. The summed E-state index contributed by atoms with van der Waals surface area (Å²) in [6, 6.07) is 1.65. The van der Waals surface area contributed by atoms with Crippen LogP contribution in [0, 0.1) is 5.92 Å². The van der Waals surface area contributed by atoms with E-state index in [1.165, 1.54) is 6.20 Å². The van der Waals surface area contributed by atoms with Crippen molar-refractivity contribution in [2.45, 2.75) is 57.4 Å². The molecule has 1 atom stereocenters. The average Bonchev–Trinajstić information content (AvgIpc) is 3.26. The lowest BCUT2D eigenvalue weighted by Gasteiger charge is -2.30. The van der Waals surface area contributed by atoms with Crippen molar-refractivity contribution in [1.82, 2.24) is 14.5 Å². The number of imidazole rings is 1. The van der Waals surface area contributed by atoms with Crippen molar-refractivity contribution in [3.63, 3.8) is 0 Å². The number of alkyl halides is 6. The van der Waals surface area contributed by atoms with Crippen LogP contribution in [0.25, 0.3) is 0 Å². The number of carbonyl (C=O) groups is 2. The SMILES string of the molecule is CCOC(=O)C1CCN(C(=O)c2cn3c(n2)CC[C@H](c2cc(C(F)(F)F)cc(C(F)(F)F)c2)C3)CC1. The van der Waals surface area contributed by atoms with E-state index in [1.807, 2.05) is 0 Å². The molecule has 0 radical (unpaired) electrons. The molecule has 196 valence electrons. The molecule has 2 aliphatic rings. The zero-order valence-electron chi connectivity index (χ0n) is 19.5. The molecule has 3 heterocycles. The Kier molecular flexibility index (Phi) is 7.07. The third kappa shape index (κ3) is 5.52. The van der Waals surface area contributed by atoms with Gasteiger partial charge in [0, 0.05) is 38.2 Å². The van der Waals surface area contributed by atoms with Crippen LogP contribution in [-0.2, 0) is 34.8 Å². The number of aromatic nitrogens is 2. The zero-order valence-corrected chi connectivity index (χ0v) is 19.5. The molecule has 36 heavy (non-hydrogen) atoms. The lowest BCUT2D eigenvalue weighted by Crippen LogP contribution is -2.40. The van der Waals surface area contributed by atoms with E-state index < -0.39 is 29.4 Å². The number of nitrogens with zero attached hydrogens (tertiary/aromatic N) is 3. The molecule has 1 fully saturated rings. The predicted octanol–water partition coefficient (Wildman–Crippen LogP) is 5.07. The Morgan fingerprint density at radius 3 is 2.17 bits per heavy atom. The zero-order chi connectivity index (χ0) is 26.3. The molecule has 1 aromatic heterocycles. The fraction of sp³-hybridized carbons (Fsp3) is 0.542. The maximum absolute atomic E-state index is 13.3. The number of rotatable bonds is 4. The summed E-state index contributed by atoms with van der Waals surface area (Å²) in [4.78, 5) is 30.8. The van der Waals surface area contributed by atoms with E-state index in [2.05, 4.69) is 4.98 Å². The van der Waals surface area contributed by atoms with Crippen molar-refractivity contribution < 1.29 is 40.7 Å². The van der Waals surface area contributed by atoms with E-state index in [0.29, 0.717) is 44.6 Å². The summed E-state index contributed by atoms with van der Waals surface area (Å²) in [7, 11) is 0. The highest BCUT2D eigenvalue weighted by Gasteiger charge is 2.38. The van der Waals surface area contributed by atoms with Gasteiger partial charge in [0.05, 0.1) is 23.7 Å². The third-order valence-corrected chi connectivity index (χ3v) is 6.70. The first-order valence-corrected chi connectivity index (χ1v) is 11.7. The second-order valence-corrected chi connectivity index (χ2v) is 9.09. The summed E-state index contributed by atoms with van der Waals surface area (Å²) >= 11 is 0. The minimum atomic E-state index is -4.91. The average molecular weight is 517 g/mol. The van der Waals surface area contributed by atoms with E-state index in [0.717, 1.165) is 12.1 Å². The van der Waals surface area contributed by atoms with Crippen molar-refractivity contribution in [2.24, 2.45) is 5.92 Å². The molecular weight excluding hydrogens is 492 g/mol. The van der Waals surface area contributed by atoms with E-state index in [9.17, 15) is 35.9 Å². The highest BCUT2D eigenvalue weighted by molar-refractivity contribution is 5.92. The Balaban J connectivity index is 1.49. The number of hydrogen-bond acceptors (Lipinski definition) is 4. The van der Waals surface area contributed by atoms with Crippen LogP contribution >= 0.6 is 0 Å². The second kappa shape index (κ2) is 9.78. The lowest BCUT2D eigenvalue weighted by molar-refractivity contribution is -0.149. The lowest BCUT2D eigenvalue weighted by atomic mass is 9.89. The van der Waals surface area contributed by atoms with Crippen LogP contribution in [0.2, 0.25) is 0 Å². The van der Waals surface area contributed by atoms with Gasteiger partial charge in [-0.05, 0) is 49.9 Å². The second-order valence-electron chi connectivity index (χ2n) is 9.09. The van der Waals surface area contributed by atoms with Gasteiger partial charge >= 0.3 is 18.3 Å². The van der Waals surface area contributed by atoms with Gasteiger partial charge in [0.2, 0.25) is 0 Å². The summed E-state index contributed by atoms with van der Waals surface area (Å²) in [5.41, 5.74) is -2.57. The quantitative estimate of drug-likeness (QED) is 0.420. The van der Waals surface area contributed by atoms with Gasteiger partial charge in [0.1, 0.15) is 11.5 Å². The van der Waals surface area contributed by atoms with Crippen LogP contribution in [0.4, 0.5) is 26.3 Å². The molecule has 4 rings (SSSR count). The van der Waals surface area contributed by atoms with Gasteiger partial charge in [-0.25, -0.2) is 4.98 Å². The molecule has 0 N–H and O–H groups in total. The van der Waals surface area contributed by atoms with E-state index in [-0.39, 0.29) is 48.3 Å². The van der Waals surface area contributed by atoms with Crippen molar-refractivity contribution in [2.75, 3.05) is 19.7 Å². The molecule has 0 aliphatic carbocycles. The summed E-state index contributed by atoms with van der Waals surface area (Å²) in [6.07, 6.45) is -6.78. The van der Waals surface area contributed by atoms with Crippen LogP contribution in [0.15, 0.2) is 24.4 Å². The minimum absolute atomic E-state index is 0.0505. The van der Waals surface area contributed by atoms with Gasteiger partial charge in [-0.3, -0.25) is 9.59 Å². The van der Waals surface area contributed by atoms with Gasteiger partial charge in [0.15, 0.2) is 0 Å². The third-order valence-electron chi connectivity index (χ3n) is 6.70. The number of halogens is 6. The number of ether oxygens (including phenoxy) is 1. The molecule has 0 bridgehead atoms. The molecule has 1 saturated heterocycles. The van der Waals surface area contributed by atoms with Crippen molar-refractivity contribution >= 4 is 11.9 Å². The van der Waals surface area contributed by atoms with Crippen molar-refractivity contribution in [3.8, 4) is 0 Å². The topological polar surface area (TPSA) is 64.4 Å². The number of amides is 1. The van der Waals surface area contributed by atoms with Gasteiger partial charge in [-0.2, -0.15) is 26.3 Å². The molecule has 12 heteroatoms. The van der Waals surface area contributed by atoms with Crippen molar-refractivity contribution in [3.05, 3.63) is 52.6 Å². The maximum atomic E-state index is 13.3. The monoisotopic (exact) mass is 517 g/mol. The number of aryl methyl sites for hydroxylation is 1. The molecule has 2 aromatic rings. The molecule has 0 saturated carbocycles. The molecule has 6 nitrogen and oxygen atoms in total. The maximum Gasteiger partial charge on any atom is 0.416 e. The van der Waals surface area contributed by atoms with Crippen LogP contribution in [0.5, 0.6) is 0 Å². The minimum Gasteiger partial charge on any atom is -0.466 e. The first-order chi connectivity index (χ1) is 16.9. The molecule has 0 unspecified atom stereocenters.